The molecule has 0 spiro atoms. The van der Waals surface area contributed by atoms with Crippen molar-refractivity contribution in [1.29, 1.82) is 0 Å². The van der Waals surface area contributed by atoms with E-state index in [1.54, 1.807) is 23.9 Å². The number of carbonyl (C=O) groups is 1. The maximum Gasteiger partial charge on any atom is 0.244 e. The van der Waals surface area contributed by atoms with Crippen molar-refractivity contribution in [1.82, 2.24) is 5.43 Å². The van der Waals surface area contributed by atoms with E-state index in [0.29, 0.717) is 10.6 Å². The Bertz CT molecular complexity index is 789. The number of hydrogen-bond donors (Lipinski definition) is 2. The van der Waals surface area contributed by atoms with Gasteiger partial charge in [0.05, 0.1) is 22.7 Å². The molecule has 0 aliphatic heterocycles. The van der Waals surface area contributed by atoms with E-state index in [1.165, 1.54) is 18.3 Å². The summed E-state index contributed by atoms with van der Waals surface area (Å²) in [6.07, 6.45) is 1.56. The van der Waals surface area contributed by atoms with E-state index in [9.17, 15) is 9.90 Å². The van der Waals surface area contributed by atoms with Gasteiger partial charge in [0, 0.05) is 9.92 Å². The van der Waals surface area contributed by atoms with Gasteiger partial charge in [0.25, 0.3) is 0 Å². The van der Waals surface area contributed by atoms with Crippen LogP contribution in [0.25, 0.3) is 0 Å². The molecule has 0 saturated carbocycles. The minimum Gasteiger partial charge on any atom is -0.505 e. The van der Waals surface area contributed by atoms with Gasteiger partial charge in [0.15, 0.2) is 5.75 Å². The Morgan fingerprint density at radius 1 is 1.24 bits per heavy atom. The van der Waals surface area contributed by atoms with Crippen LogP contribution in [0.3, 0.4) is 0 Å². The average Bonchev–Trinajstić information content (AvgIpc) is 2.55. The molecule has 0 radical (unpaired) electrons. The largest absolute Gasteiger partial charge is 0.505 e. The lowest BCUT2D eigenvalue weighted by Crippen LogP contribution is -2.20. The van der Waals surface area contributed by atoms with Crippen LogP contribution in [-0.4, -0.2) is 23.0 Å². The Kier molecular flexibility index (Phi) is 7.44. The van der Waals surface area contributed by atoms with Gasteiger partial charge in [-0.2, -0.15) is 5.10 Å². The highest BCUT2D eigenvalue weighted by Crippen LogP contribution is 2.32. The topological polar surface area (TPSA) is 61.7 Å². The molecule has 0 fully saturated rings. The first-order valence-corrected chi connectivity index (χ1v) is 9.43. The summed E-state index contributed by atoms with van der Waals surface area (Å²) in [5, 5.41) is 14.2. The highest BCUT2D eigenvalue weighted by atomic mass is 35.5. The van der Waals surface area contributed by atoms with E-state index in [-0.39, 0.29) is 28.1 Å². The summed E-state index contributed by atoms with van der Waals surface area (Å²) < 4.78 is 0. The molecule has 0 aliphatic rings. The third kappa shape index (κ3) is 5.82. The molecule has 25 heavy (non-hydrogen) atoms. The molecule has 8 heteroatoms. The van der Waals surface area contributed by atoms with Crippen LogP contribution in [0, 0.1) is 0 Å². The maximum atomic E-state index is 12.1. The molecular weight excluding hydrogens is 403 g/mol. The molecule has 132 valence electrons. The van der Waals surface area contributed by atoms with Gasteiger partial charge in [0.1, 0.15) is 0 Å². The number of benzene rings is 2. The van der Waals surface area contributed by atoms with Crippen molar-refractivity contribution in [2.24, 2.45) is 5.10 Å². The number of halogens is 3. The molecule has 2 aromatic carbocycles. The fraction of sp³-hybridized carbons (Fsp3) is 0.176. The van der Waals surface area contributed by atoms with E-state index in [4.69, 9.17) is 34.8 Å². The van der Waals surface area contributed by atoms with Crippen LogP contribution in [0.2, 0.25) is 15.1 Å². The van der Waals surface area contributed by atoms with E-state index in [2.05, 4.69) is 10.5 Å². The third-order valence-electron chi connectivity index (χ3n) is 3.12. The molecule has 0 saturated heterocycles. The quantitative estimate of drug-likeness (QED) is 0.388. The monoisotopic (exact) mass is 416 g/mol. The molecule has 0 atom stereocenters. The van der Waals surface area contributed by atoms with Crippen LogP contribution in [0.4, 0.5) is 0 Å². The number of hydrazone groups is 1. The van der Waals surface area contributed by atoms with Gasteiger partial charge in [-0.15, -0.1) is 11.8 Å². The number of phenols is 1. The number of amides is 1. The Labute approximate surface area is 165 Å². The number of nitrogens with zero attached hydrogens (tertiary/aromatic N) is 1. The van der Waals surface area contributed by atoms with Crippen LogP contribution in [0.15, 0.2) is 40.3 Å². The van der Waals surface area contributed by atoms with Gasteiger partial charge in [-0.1, -0.05) is 41.7 Å². The highest BCUT2D eigenvalue weighted by molar-refractivity contribution is 7.99. The van der Waals surface area contributed by atoms with Gasteiger partial charge in [0.2, 0.25) is 5.91 Å². The first-order chi connectivity index (χ1) is 11.9. The lowest BCUT2D eigenvalue weighted by Gasteiger charge is -2.08. The molecule has 0 aromatic heterocycles. The van der Waals surface area contributed by atoms with E-state index >= 15 is 0 Å². The number of rotatable bonds is 6. The number of hydrogen-bond acceptors (Lipinski definition) is 4. The molecule has 0 bridgehead atoms. The number of nitrogens with one attached hydrogen (secondary N) is 1. The summed E-state index contributed by atoms with van der Waals surface area (Å²) in [5.74, 6) is 0.440. The molecule has 2 aromatic rings. The van der Waals surface area contributed by atoms with E-state index in [1.807, 2.05) is 13.0 Å². The van der Waals surface area contributed by atoms with Crippen LogP contribution in [0.5, 0.6) is 5.75 Å². The smallest absolute Gasteiger partial charge is 0.244 e. The second-order valence-electron chi connectivity index (χ2n) is 4.99. The average molecular weight is 418 g/mol. The normalized spacial score (nSPS) is 11.0. The van der Waals surface area contributed by atoms with E-state index in [0.717, 1.165) is 16.2 Å². The highest BCUT2D eigenvalue weighted by Gasteiger charge is 2.09. The Hall–Kier alpha value is -1.40. The minimum absolute atomic E-state index is 0.112. The van der Waals surface area contributed by atoms with Crippen LogP contribution < -0.4 is 5.43 Å². The Morgan fingerprint density at radius 2 is 1.92 bits per heavy atom. The second-order valence-corrected chi connectivity index (χ2v) is 7.54. The number of carbonyl (C=O) groups excluding carboxylic acids is 1. The summed E-state index contributed by atoms with van der Waals surface area (Å²) >= 11 is 19.3. The maximum absolute atomic E-state index is 12.1. The van der Waals surface area contributed by atoms with Gasteiger partial charge >= 0.3 is 0 Å². The summed E-state index contributed by atoms with van der Waals surface area (Å²) in [6, 6.07) is 8.47. The minimum atomic E-state index is -0.271. The first kappa shape index (κ1) is 19.9. The zero-order chi connectivity index (χ0) is 18.4. The molecule has 1 amide bonds. The lowest BCUT2D eigenvalue weighted by atomic mass is 10.1. The van der Waals surface area contributed by atoms with Gasteiger partial charge < -0.3 is 5.11 Å². The summed E-state index contributed by atoms with van der Waals surface area (Å²) in [5.41, 5.74) is 3.86. The summed E-state index contributed by atoms with van der Waals surface area (Å²) in [6.45, 7) is 2.04. The van der Waals surface area contributed by atoms with Gasteiger partial charge in [-0.3, -0.25) is 4.79 Å². The second kappa shape index (κ2) is 9.34. The molecule has 0 unspecified atom stereocenters. The molecule has 0 heterocycles. The fourth-order valence-corrected chi connectivity index (χ4v) is 3.52. The zero-order valence-corrected chi connectivity index (χ0v) is 16.3. The molecular formula is C17H15Cl3N2O2S. The SMILES string of the molecule is CCSc1ccc(Cl)cc1CC(=O)N/N=C\c1cc(Cl)c(O)c(Cl)c1. The van der Waals surface area contributed by atoms with E-state index < -0.39 is 0 Å². The molecule has 0 aliphatic carbocycles. The van der Waals surface area contributed by atoms with Crippen molar-refractivity contribution < 1.29 is 9.90 Å². The predicted octanol–water partition coefficient (Wildman–Crippen LogP) is 5.16. The fourth-order valence-electron chi connectivity index (χ4n) is 2.03. The third-order valence-corrected chi connectivity index (χ3v) is 4.92. The van der Waals surface area contributed by atoms with Crippen molar-refractivity contribution in [2.45, 2.75) is 18.2 Å². The number of thioether (sulfide) groups is 1. The number of phenolic OH excluding ortho intramolecular Hbond substituents is 1. The first-order valence-electron chi connectivity index (χ1n) is 7.31. The zero-order valence-electron chi connectivity index (χ0n) is 13.2. The standard InChI is InChI=1S/C17H15Cl3N2O2S/c1-2-25-15-4-3-12(18)7-11(15)8-16(23)22-21-9-10-5-13(19)17(24)14(20)6-10/h3-7,9,24H,2,8H2,1H3,(H,22,23)/b21-9-. The number of aromatic hydroxyl groups is 1. The molecule has 2 rings (SSSR count). The van der Waals surface area contributed by atoms with Crippen molar-refractivity contribution in [3.8, 4) is 5.75 Å². The molecule has 2 N–H and O–H groups in total. The Morgan fingerprint density at radius 3 is 2.56 bits per heavy atom. The van der Waals surface area contributed by atoms with Crippen LogP contribution >= 0.6 is 46.6 Å². The van der Waals surface area contributed by atoms with Crippen molar-refractivity contribution >= 4 is 58.7 Å². The van der Waals surface area contributed by atoms with Crippen molar-refractivity contribution in [3.63, 3.8) is 0 Å². The summed E-state index contributed by atoms with van der Waals surface area (Å²) in [7, 11) is 0. The predicted molar refractivity (Wildman–Crippen MR) is 105 cm³/mol. The van der Waals surface area contributed by atoms with Crippen molar-refractivity contribution in [2.75, 3.05) is 5.75 Å². The Balaban J connectivity index is 2.03. The van der Waals surface area contributed by atoms with Crippen molar-refractivity contribution in [3.05, 3.63) is 56.5 Å². The summed E-state index contributed by atoms with van der Waals surface area (Å²) in [4.78, 5) is 13.1. The van der Waals surface area contributed by atoms with Crippen LogP contribution in [-0.2, 0) is 11.2 Å². The van der Waals surface area contributed by atoms with Gasteiger partial charge in [-0.05, 0) is 47.2 Å². The van der Waals surface area contributed by atoms with Gasteiger partial charge in [-0.25, -0.2) is 5.43 Å². The molecule has 4 nitrogen and oxygen atoms in total. The lowest BCUT2D eigenvalue weighted by molar-refractivity contribution is -0.120. The van der Waals surface area contributed by atoms with Crippen LogP contribution in [0.1, 0.15) is 18.1 Å².